The molecule has 0 aromatic heterocycles. The molecule has 2 aromatic rings. The standard InChI is InChI=1S/C18H19BrOS/c1-12-7-14(10-19)8-13(2)18(12)20-11-16-9-15-5-3-4-6-17(15)21-16/h3-8,16H,9-11H2,1-2H3. The first-order valence-electron chi connectivity index (χ1n) is 7.21. The van der Waals surface area contributed by atoms with E-state index in [1.165, 1.54) is 27.1 Å². The molecule has 0 amide bonds. The monoisotopic (exact) mass is 362 g/mol. The second-order valence-electron chi connectivity index (χ2n) is 5.56. The van der Waals surface area contributed by atoms with E-state index in [9.17, 15) is 0 Å². The quantitative estimate of drug-likeness (QED) is 0.683. The fourth-order valence-corrected chi connectivity index (χ4v) is 4.41. The highest BCUT2D eigenvalue weighted by Crippen LogP contribution is 2.37. The first-order chi connectivity index (χ1) is 10.2. The van der Waals surface area contributed by atoms with Crippen molar-refractivity contribution in [2.45, 2.75) is 35.7 Å². The summed E-state index contributed by atoms with van der Waals surface area (Å²) in [7, 11) is 0. The lowest BCUT2D eigenvalue weighted by Gasteiger charge is -2.16. The molecule has 0 fully saturated rings. The Bertz CT molecular complexity index is 605. The molecule has 0 bridgehead atoms. The minimum atomic E-state index is 0.525. The molecule has 2 aromatic carbocycles. The van der Waals surface area contributed by atoms with Gasteiger partial charge in [-0.1, -0.05) is 46.3 Å². The average Bonchev–Trinajstić information content (AvgIpc) is 2.88. The van der Waals surface area contributed by atoms with Gasteiger partial charge in [0.25, 0.3) is 0 Å². The minimum absolute atomic E-state index is 0.525. The van der Waals surface area contributed by atoms with Crippen LogP contribution in [0.25, 0.3) is 0 Å². The number of aryl methyl sites for hydroxylation is 2. The predicted molar refractivity (Wildman–Crippen MR) is 93.8 cm³/mol. The van der Waals surface area contributed by atoms with Crippen molar-refractivity contribution >= 4 is 27.7 Å². The van der Waals surface area contributed by atoms with E-state index in [0.29, 0.717) is 5.25 Å². The molecule has 0 spiro atoms. The Kier molecular flexibility index (Phi) is 4.60. The lowest BCUT2D eigenvalue weighted by atomic mass is 10.1. The summed E-state index contributed by atoms with van der Waals surface area (Å²) in [5.41, 5.74) is 5.22. The largest absolute Gasteiger partial charge is 0.492 e. The summed E-state index contributed by atoms with van der Waals surface area (Å²) in [5.74, 6) is 1.05. The predicted octanol–water partition coefficient (Wildman–Crippen LogP) is 5.29. The Morgan fingerprint density at radius 1 is 1.19 bits per heavy atom. The zero-order valence-corrected chi connectivity index (χ0v) is 14.8. The molecular weight excluding hydrogens is 344 g/mol. The van der Waals surface area contributed by atoms with E-state index in [2.05, 4.69) is 66.2 Å². The van der Waals surface area contributed by atoms with Gasteiger partial charge in [0.15, 0.2) is 0 Å². The second-order valence-corrected chi connectivity index (χ2v) is 7.46. The van der Waals surface area contributed by atoms with Crippen molar-refractivity contribution in [2.75, 3.05) is 6.61 Å². The van der Waals surface area contributed by atoms with Gasteiger partial charge in [0, 0.05) is 15.5 Å². The third-order valence-electron chi connectivity index (χ3n) is 3.80. The maximum Gasteiger partial charge on any atom is 0.125 e. The minimum Gasteiger partial charge on any atom is -0.492 e. The van der Waals surface area contributed by atoms with Gasteiger partial charge in [-0.25, -0.2) is 0 Å². The Labute approximate surface area is 139 Å². The lowest BCUT2D eigenvalue weighted by Crippen LogP contribution is -2.14. The van der Waals surface area contributed by atoms with E-state index in [4.69, 9.17) is 4.74 Å². The van der Waals surface area contributed by atoms with Gasteiger partial charge < -0.3 is 4.74 Å². The van der Waals surface area contributed by atoms with Crippen molar-refractivity contribution < 1.29 is 4.74 Å². The van der Waals surface area contributed by atoms with Gasteiger partial charge in [-0.15, -0.1) is 11.8 Å². The number of ether oxygens (including phenoxy) is 1. The van der Waals surface area contributed by atoms with E-state index < -0.39 is 0 Å². The van der Waals surface area contributed by atoms with Crippen molar-refractivity contribution in [1.82, 2.24) is 0 Å². The third-order valence-corrected chi connectivity index (χ3v) is 5.74. The smallest absolute Gasteiger partial charge is 0.125 e. The van der Waals surface area contributed by atoms with Crippen LogP contribution in [0.2, 0.25) is 0 Å². The molecule has 110 valence electrons. The lowest BCUT2D eigenvalue weighted by molar-refractivity contribution is 0.313. The van der Waals surface area contributed by atoms with E-state index in [1.54, 1.807) is 0 Å². The van der Waals surface area contributed by atoms with Crippen LogP contribution < -0.4 is 4.74 Å². The van der Waals surface area contributed by atoms with Gasteiger partial charge in [0.05, 0.1) is 0 Å². The van der Waals surface area contributed by atoms with E-state index in [-0.39, 0.29) is 0 Å². The highest BCUT2D eigenvalue weighted by molar-refractivity contribution is 9.08. The maximum absolute atomic E-state index is 6.15. The van der Waals surface area contributed by atoms with Gasteiger partial charge in [-0.3, -0.25) is 0 Å². The Morgan fingerprint density at radius 2 is 1.90 bits per heavy atom. The molecule has 0 N–H and O–H groups in total. The Morgan fingerprint density at radius 3 is 2.57 bits per heavy atom. The van der Waals surface area contributed by atoms with Crippen LogP contribution in [-0.4, -0.2) is 11.9 Å². The first-order valence-corrected chi connectivity index (χ1v) is 9.21. The van der Waals surface area contributed by atoms with Crippen molar-refractivity contribution in [2.24, 2.45) is 0 Å². The fraction of sp³-hybridized carbons (Fsp3) is 0.333. The van der Waals surface area contributed by atoms with Gasteiger partial charge in [-0.2, -0.15) is 0 Å². The number of fused-ring (bicyclic) bond motifs is 1. The van der Waals surface area contributed by atoms with Crippen molar-refractivity contribution in [3.63, 3.8) is 0 Å². The number of hydrogen-bond donors (Lipinski definition) is 0. The number of rotatable bonds is 4. The average molecular weight is 363 g/mol. The first kappa shape index (κ1) is 15.0. The van der Waals surface area contributed by atoms with Crippen molar-refractivity contribution in [1.29, 1.82) is 0 Å². The van der Waals surface area contributed by atoms with Gasteiger partial charge in [-0.05, 0) is 48.6 Å². The van der Waals surface area contributed by atoms with Crippen LogP contribution in [0.15, 0.2) is 41.3 Å². The van der Waals surface area contributed by atoms with E-state index >= 15 is 0 Å². The molecule has 0 saturated carbocycles. The molecule has 1 aliphatic rings. The summed E-state index contributed by atoms with van der Waals surface area (Å²) in [6.07, 6.45) is 1.11. The summed E-state index contributed by atoms with van der Waals surface area (Å²) in [6, 6.07) is 13.1. The van der Waals surface area contributed by atoms with E-state index in [1.807, 2.05) is 11.8 Å². The Hall–Kier alpha value is -0.930. The van der Waals surface area contributed by atoms with Crippen LogP contribution in [0.3, 0.4) is 0 Å². The normalized spacial score (nSPS) is 16.8. The van der Waals surface area contributed by atoms with E-state index in [0.717, 1.165) is 24.1 Å². The molecule has 21 heavy (non-hydrogen) atoms. The Balaban J connectivity index is 1.67. The molecule has 1 atom stereocenters. The number of halogens is 1. The number of alkyl halides is 1. The molecule has 1 heterocycles. The molecule has 0 saturated heterocycles. The summed E-state index contributed by atoms with van der Waals surface area (Å²) < 4.78 is 6.15. The summed E-state index contributed by atoms with van der Waals surface area (Å²) in [4.78, 5) is 1.41. The van der Waals surface area contributed by atoms with Gasteiger partial charge >= 0.3 is 0 Å². The van der Waals surface area contributed by atoms with Crippen LogP contribution in [0.4, 0.5) is 0 Å². The molecule has 0 aliphatic carbocycles. The molecule has 3 rings (SSSR count). The highest BCUT2D eigenvalue weighted by Gasteiger charge is 2.22. The molecule has 0 radical (unpaired) electrons. The van der Waals surface area contributed by atoms with Gasteiger partial charge in [0.2, 0.25) is 0 Å². The molecule has 3 heteroatoms. The molecule has 1 nitrogen and oxygen atoms in total. The number of thioether (sulfide) groups is 1. The maximum atomic E-state index is 6.15. The van der Waals surface area contributed by atoms with Crippen molar-refractivity contribution in [3.8, 4) is 5.75 Å². The number of benzene rings is 2. The zero-order chi connectivity index (χ0) is 14.8. The third kappa shape index (κ3) is 3.29. The van der Waals surface area contributed by atoms with Crippen LogP contribution in [0.1, 0.15) is 22.3 Å². The summed E-state index contributed by atoms with van der Waals surface area (Å²) in [6.45, 7) is 5.03. The molecule has 1 unspecified atom stereocenters. The molecular formula is C18H19BrOS. The topological polar surface area (TPSA) is 9.23 Å². The molecule has 1 aliphatic heterocycles. The zero-order valence-electron chi connectivity index (χ0n) is 12.4. The fourth-order valence-electron chi connectivity index (χ4n) is 2.87. The second kappa shape index (κ2) is 6.45. The summed E-state index contributed by atoms with van der Waals surface area (Å²) >= 11 is 5.46. The highest BCUT2D eigenvalue weighted by atomic mass is 79.9. The number of hydrogen-bond acceptors (Lipinski definition) is 2. The summed E-state index contributed by atoms with van der Waals surface area (Å²) in [5, 5.41) is 1.42. The van der Waals surface area contributed by atoms with Crippen LogP contribution in [0, 0.1) is 13.8 Å². The SMILES string of the molecule is Cc1cc(CBr)cc(C)c1OCC1Cc2ccccc2S1. The van der Waals surface area contributed by atoms with Crippen LogP contribution in [0.5, 0.6) is 5.75 Å². The van der Waals surface area contributed by atoms with Crippen molar-refractivity contribution in [3.05, 3.63) is 58.7 Å². The van der Waals surface area contributed by atoms with Gasteiger partial charge in [0.1, 0.15) is 12.4 Å². The van der Waals surface area contributed by atoms with Crippen LogP contribution >= 0.6 is 27.7 Å². The van der Waals surface area contributed by atoms with Crippen LogP contribution in [-0.2, 0) is 11.8 Å².